The quantitative estimate of drug-likeness (QED) is 0.345. The number of aryl methyl sites for hydroxylation is 1. The minimum atomic E-state index is -2.72. The number of carbonyl (C=O) groups excluding carboxylic acids is 1. The van der Waals surface area contributed by atoms with Gasteiger partial charge in [-0.25, -0.2) is 19.6 Å². The molecule has 0 aliphatic carbocycles. The highest BCUT2D eigenvalue weighted by Crippen LogP contribution is 2.24. The lowest BCUT2D eigenvalue weighted by Gasteiger charge is -2.09. The van der Waals surface area contributed by atoms with Gasteiger partial charge in [0.25, 0.3) is 0 Å². The molecule has 10 nitrogen and oxygen atoms in total. The zero-order chi connectivity index (χ0) is 24.9. The highest BCUT2D eigenvalue weighted by molar-refractivity contribution is 5.92. The number of nitrogens with zero attached hydrogens (tertiary/aromatic N) is 5. The van der Waals surface area contributed by atoms with Crippen LogP contribution in [-0.4, -0.2) is 37.7 Å². The third kappa shape index (κ3) is 5.66. The van der Waals surface area contributed by atoms with E-state index in [1.165, 1.54) is 19.5 Å². The molecule has 3 heterocycles. The van der Waals surface area contributed by atoms with Crippen LogP contribution in [0.25, 0.3) is 11.1 Å². The number of aromatic nitrogens is 5. The van der Waals surface area contributed by atoms with Crippen molar-refractivity contribution in [3.8, 4) is 17.0 Å². The van der Waals surface area contributed by atoms with Crippen LogP contribution in [0.3, 0.4) is 0 Å². The number of nitrogen functional groups attached to an aromatic ring is 1. The Morgan fingerprint density at radius 3 is 2.43 bits per heavy atom. The molecule has 0 fully saturated rings. The summed E-state index contributed by atoms with van der Waals surface area (Å²) in [5.74, 6) is 0.338. The molecule has 0 spiro atoms. The number of halogens is 2. The first-order valence-electron chi connectivity index (χ1n) is 10.4. The predicted octanol–water partition coefficient (Wildman–Crippen LogP) is 3.95. The second kappa shape index (κ2) is 10.1. The number of anilines is 4. The van der Waals surface area contributed by atoms with Crippen LogP contribution in [-0.2, 0) is 11.2 Å². The maximum absolute atomic E-state index is 12.8. The summed E-state index contributed by atoms with van der Waals surface area (Å²) in [5.41, 5.74) is 9.85. The number of nitrogens with two attached hydrogens (primary N) is 1. The Balaban J connectivity index is 1.37. The summed E-state index contributed by atoms with van der Waals surface area (Å²) >= 11 is 0. The first-order chi connectivity index (χ1) is 16.8. The van der Waals surface area contributed by atoms with Gasteiger partial charge in [-0.05, 0) is 24.1 Å². The van der Waals surface area contributed by atoms with E-state index in [1.54, 1.807) is 25.4 Å². The average molecular weight is 480 g/mol. The van der Waals surface area contributed by atoms with Crippen molar-refractivity contribution in [2.75, 3.05) is 23.5 Å². The van der Waals surface area contributed by atoms with Gasteiger partial charge in [0.15, 0.2) is 0 Å². The van der Waals surface area contributed by atoms with Gasteiger partial charge in [0.05, 0.1) is 48.7 Å². The first-order valence-corrected chi connectivity index (χ1v) is 10.4. The van der Waals surface area contributed by atoms with E-state index in [4.69, 9.17) is 10.5 Å². The third-order valence-electron chi connectivity index (χ3n) is 5.02. The van der Waals surface area contributed by atoms with Gasteiger partial charge in [-0.15, -0.1) is 0 Å². The molecule has 0 aliphatic heterocycles. The topological polar surface area (TPSA) is 133 Å². The van der Waals surface area contributed by atoms with Crippen molar-refractivity contribution in [2.24, 2.45) is 0 Å². The lowest BCUT2D eigenvalue weighted by Crippen LogP contribution is -2.14. The Bertz CT molecular complexity index is 1320. The van der Waals surface area contributed by atoms with Gasteiger partial charge in [-0.3, -0.25) is 4.79 Å². The molecule has 4 rings (SSSR count). The second-order valence-electron chi connectivity index (χ2n) is 7.55. The number of nitrogens with one attached hydrogen (secondary N) is 2. The van der Waals surface area contributed by atoms with Gasteiger partial charge in [0, 0.05) is 18.0 Å². The Kier molecular flexibility index (Phi) is 6.81. The van der Waals surface area contributed by atoms with E-state index >= 15 is 0 Å². The van der Waals surface area contributed by atoms with Crippen molar-refractivity contribution in [3.05, 3.63) is 66.4 Å². The van der Waals surface area contributed by atoms with Crippen LogP contribution in [0.4, 0.5) is 31.8 Å². The maximum Gasteiger partial charge on any atom is 0.333 e. The molecule has 1 amide bonds. The summed E-state index contributed by atoms with van der Waals surface area (Å²) in [5, 5.41) is 9.38. The molecule has 0 unspecified atom stereocenters. The molecule has 3 aromatic heterocycles. The van der Waals surface area contributed by atoms with Crippen LogP contribution in [0, 0.1) is 6.92 Å². The van der Waals surface area contributed by atoms with E-state index in [1.807, 2.05) is 24.3 Å². The van der Waals surface area contributed by atoms with Crippen molar-refractivity contribution in [1.82, 2.24) is 24.7 Å². The Morgan fingerprint density at radius 1 is 1.11 bits per heavy atom. The highest BCUT2D eigenvalue weighted by atomic mass is 19.3. The number of rotatable bonds is 8. The fourth-order valence-corrected chi connectivity index (χ4v) is 3.28. The van der Waals surface area contributed by atoms with E-state index < -0.39 is 6.55 Å². The molecular formula is C23H22F2N8O2. The summed E-state index contributed by atoms with van der Waals surface area (Å²) in [6, 6.07) is 8.97. The van der Waals surface area contributed by atoms with Crippen molar-refractivity contribution in [2.45, 2.75) is 19.9 Å². The van der Waals surface area contributed by atoms with Crippen molar-refractivity contribution < 1.29 is 18.3 Å². The second-order valence-corrected chi connectivity index (χ2v) is 7.55. The monoisotopic (exact) mass is 480 g/mol. The van der Waals surface area contributed by atoms with Gasteiger partial charge < -0.3 is 21.1 Å². The van der Waals surface area contributed by atoms with Crippen LogP contribution >= 0.6 is 0 Å². The molecule has 180 valence electrons. The van der Waals surface area contributed by atoms with Crippen LogP contribution in [0.2, 0.25) is 0 Å². The summed E-state index contributed by atoms with van der Waals surface area (Å²) in [6.07, 6.45) is 6.07. The van der Waals surface area contributed by atoms with Gasteiger partial charge in [-0.1, -0.05) is 24.3 Å². The lowest BCUT2D eigenvalue weighted by molar-refractivity contribution is -0.115. The van der Waals surface area contributed by atoms with Gasteiger partial charge >= 0.3 is 6.55 Å². The number of methoxy groups -OCH3 is 1. The molecule has 0 radical (unpaired) electrons. The van der Waals surface area contributed by atoms with Crippen molar-refractivity contribution >= 4 is 28.9 Å². The standard InChI is InChI=1S/C23H22F2N8O2/c1-13-19(12-33(32-13)22(24)25)31-23-28-9-16(10-29-23)15-5-3-14(4-6-15)7-20(34)30-17-8-18(26)21(35-2)27-11-17/h3-6,8-12,22H,7,26H2,1-2H3,(H,30,34)(H,28,29,31). The van der Waals surface area contributed by atoms with E-state index in [0.717, 1.165) is 16.7 Å². The molecule has 0 bridgehead atoms. The summed E-state index contributed by atoms with van der Waals surface area (Å²) in [6.45, 7) is -1.11. The predicted molar refractivity (Wildman–Crippen MR) is 127 cm³/mol. The number of benzene rings is 1. The molecule has 4 aromatic rings. The molecule has 4 N–H and O–H groups in total. The molecule has 35 heavy (non-hydrogen) atoms. The maximum atomic E-state index is 12.8. The summed E-state index contributed by atoms with van der Waals surface area (Å²) in [4.78, 5) is 24.9. The Labute approximate surface area is 199 Å². The molecule has 0 aliphatic rings. The number of pyridine rings is 1. The number of alkyl halides is 2. The van der Waals surface area contributed by atoms with Gasteiger partial charge in [0.2, 0.25) is 17.7 Å². The SMILES string of the molecule is COc1ncc(NC(=O)Cc2ccc(-c3cnc(Nc4cn(C(F)F)nc4C)nc3)cc2)cc1N. The molecule has 12 heteroatoms. The molecule has 1 aromatic carbocycles. The molecule has 0 saturated heterocycles. The minimum Gasteiger partial charge on any atom is -0.480 e. The Morgan fingerprint density at radius 2 is 1.83 bits per heavy atom. The van der Waals surface area contributed by atoms with Crippen molar-refractivity contribution in [1.29, 1.82) is 0 Å². The largest absolute Gasteiger partial charge is 0.480 e. The smallest absolute Gasteiger partial charge is 0.333 e. The minimum absolute atomic E-state index is 0.164. The normalized spacial score (nSPS) is 10.9. The van der Waals surface area contributed by atoms with Gasteiger partial charge in [-0.2, -0.15) is 13.9 Å². The van der Waals surface area contributed by atoms with E-state index in [9.17, 15) is 13.6 Å². The van der Waals surface area contributed by atoms with Crippen LogP contribution in [0.5, 0.6) is 5.88 Å². The summed E-state index contributed by atoms with van der Waals surface area (Å²) < 4.78 is 31.1. The lowest BCUT2D eigenvalue weighted by atomic mass is 10.1. The number of hydrogen-bond donors (Lipinski definition) is 3. The van der Waals surface area contributed by atoms with E-state index in [2.05, 4.69) is 30.7 Å². The number of ether oxygens (including phenoxy) is 1. The van der Waals surface area contributed by atoms with E-state index in [-0.39, 0.29) is 18.3 Å². The van der Waals surface area contributed by atoms with Crippen LogP contribution in [0.15, 0.2) is 55.1 Å². The van der Waals surface area contributed by atoms with Crippen LogP contribution < -0.4 is 21.1 Å². The fourth-order valence-electron chi connectivity index (χ4n) is 3.28. The number of carbonyl (C=O) groups is 1. The first kappa shape index (κ1) is 23.5. The molecule has 0 saturated carbocycles. The number of hydrogen-bond acceptors (Lipinski definition) is 8. The zero-order valence-corrected chi connectivity index (χ0v) is 18.9. The number of amides is 1. The summed E-state index contributed by atoms with van der Waals surface area (Å²) in [7, 11) is 1.47. The fraction of sp³-hybridized carbons (Fsp3) is 0.174. The van der Waals surface area contributed by atoms with Crippen molar-refractivity contribution in [3.63, 3.8) is 0 Å². The Hall–Kier alpha value is -4.61. The highest BCUT2D eigenvalue weighted by Gasteiger charge is 2.13. The van der Waals surface area contributed by atoms with Gasteiger partial charge in [0.1, 0.15) is 0 Å². The molecular weight excluding hydrogens is 458 g/mol. The third-order valence-corrected chi connectivity index (χ3v) is 5.02. The van der Waals surface area contributed by atoms with E-state index in [0.29, 0.717) is 33.3 Å². The van der Waals surface area contributed by atoms with Crippen LogP contribution in [0.1, 0.15) is 17.8 Å². The molecule has 0 atom stereocenters. The average Bonchev–Trinajstić information content (AvgIpc) is 3.21. The zero-order valence-electron chi connectivity index (χ0n) is 18.9.